The van der Waals surface area contributed by atoms with Gasteiger partial charge < -0.3 is 0 Å². The maximum absolute atomic E-state index is 12.1. The number of benzene rings is 1. The van der Waals surface area contributed by atoms with E-state index in [1.807, 2.05) is 6.07 Å². The number of rotatable bonds is 6. The van der Waals surface area contributed by atoms with Crippen molar-refractivity contribution in [2.24, 2.45) is 5.10 Å². The number of thiophene rings is 1. The Morgan fingerprint density at radius 2 is 2.12 bits per heavy atom. The van der Waals surface area contributed by atoms with Crippen molar-refractivity contribution < 1.29 is 9.72 Å². The van der Waals surface area contributed by atoms with Crippen LogP contribution in [0.1, 0.15) is 41.1 Å². The molecule has 1 aromatic carbocycles. The Bertz CT molecular complexity index is 802. The van der Waals surface area contributed by atoms with Crippen LogP contribution in [0.5, 0.6) is 0 Å². The highest BCUT2D eigenvalue weighted by Crippen LogP contribution is 2.25. The predicted octanol–water partition coefficient (Wildman–Crippen LogP) is 4.42. The lowest BCUT2D eigenvalue weighted by Crippen LogP contribution is -2.18. The van der Waals surface area contributed by atoms with Gasteiger partial charge in [-0.3, -0.25) is 14.9 Å². The number of nitrogens with zero attached hydrogens (tertiary/aromatic N) is 2. The minimum Gasteiger partial charge on any atom is -0.267 e. The summed E-state index contributed by atoms with van der Waals surface area (Å²) in [5.74, 6) is -0.309. The Morgan fingerprint density at radius 1 is 1.38 bits per heavy atom. The Labute approximate surface area is 148 Å². The lowest BCUT2D eigenvalue weighted by Gasteiger charge is -2.03. The van der Waals surface area contributed by atoms with Crippen LogP contribution in [0, 0.1) is 10.1 Å². The second-order valence-corrected chi connectivity index (χ2v) is 6.52. The van der Waals surface area contributed by atoms with E-state index >= 15 is 0 Å². The molecule has 0 aliphatic heterocycles. The molecule has 6 nitrogen and oxygen atoms in total. The smallest absolute Gasteiger partial charge is 0.267 e. The molecule has 24 heavy (non-hydrogen) atoms. The molecular weight excluding hydrogens is 350 g/mol. The van der Waals surface area contributed by atoms with Crippen LogP contribution in [0.2, 0.25) is 5.02 Å². The number of carbonyl (C=O) groups is 1. The van der Waals surface area contributed by atoms with Gasteiger partial charge in [0.15, 0.2) is 0 Å². The summed E-state index contributed by atoms with van der Waals surface area (Å²) in [5.41, 5.74) is 3.80. The summed E-state index contributed by atoms with van der Waals surface area (Å²) in [4.78, 5) is 23.6. The number of hydrazone groups is 1. The van der Waals surface area contributed by atoms with Crippen LogP contribution in [0.4, 0.5) is 5.69 Å². The second kappa shape index (κ2) is 8.03. The first kappa shape index (κ1) is 18.1. The molecule has 1 aromatic heterocycles. The highest BCUT2D eigenvalue weighted by Gasteiger charge is 2.14. The quantitative estimate of drug-likeness (QED) is 0.467. The third kappa shape index (κ3) is 4.39. The number of nitrogens with one attached hydrogen (secondary N) is 1. The molecule has 0 saturated carbocycles. The number of hydrogen-bond acceptors (Lipinski definition) is 5. The summed E-state index contributed by atoms with van der Waals surface area (Å²) in [6.07, 6.45) is 1.96. The van der Waals surface area contributed by atoms with E-state index in [2.05, 4.69) is 17.5 Å². The molecule has 0 unspecified atom stereocenters. The number of nitro benzene ring substituents is 1. The van der Waals surface area contributed by atoms with Crippen molar-refractivity contribution in [3.8, 4) is 0 Å². The molecule has 2 aromatic rings. The fourth-order valence-corrected chi connectivity index (χ4v) is 3.18. The number of nitro groups is 1. The van der Waals surface area contributed by atoms with Gasteiger partial charge in [0.05, 0.1) is 16.2 Å². The van der Waals surface area contributed by atoms with Gasteiger partial charge in [-0.25, -0.2) is 5.43 Å². The van der Waals surface area contributed by atoms with Crippen molar-refractivity contribution in [3.63, 3.8) is 0 Å². The molecule has 126 valence electrons. The molecular formula is C16H16ClN3O3S. The van der Waals surface area contributed by atoms with E-state index in [-0.39, 0.29) is 16.6 Å². The first-order chi connectivity index (χ1) is 11.4. The minimum absolute atomic E-state index is 0.0577. The van der Waals surface area contributed by atoms with Gasteiger partial charge in [-0.2, -0.15) is 5.10 Å². The molecule has 0 aliphatic carbocycles. The van der Waals surface area contributed by atoms with Gasteiger partial charge in [0.1, 0.15) is 5.02 Å². The number of carbonyl (C=O) groups excluding carboxylic acids is 1. The fraction of sp³-hybridized carbons (Fsp3) is 0.250. The van der Waals surface area contributed by atoms with Crippen LogP contribution in [0.25, 0.3) is 0 Å². The summed E-state index contributed by atoms with van der Waals surface area (Å²) in [7, 11) is 0. The van der Waals surface area contributed by atoms with Crippen LogP contribution >= 0.6 is 22.9 Å². The van der Waals surface area contributed by atoms with E-state index in [9.17, 15) is 14.9 Å². The van der Waals surface area contributed by atoms with E-state index in [4.69, 9.17) is 11.6 Å². The van der Waals surface area contributed by atoms with Crippen molar-refractivity contribution in [2.75, 3.05) is 0 Å². The summed E-state index contributed by atoms with van der Waals surface area (Å²) in [6.45, 7) is 3.74. The van der Waals surface area contributed by atoms with E-state index in [1.165, 1.54) is 12.1 Å². The molecule has 0 saturated heterocycles. The van der Waals surface area contributed by atoms with Gasteiger partial charge in [-0.1, -0.05) is 31.0 Å². The second-order valence-electron chi connectivity index (χ2n) is 5.11. The first-order valence-electron chi connectivity index (χ1n) is 7.28. The number of aryl methyl sites for hydroxylation is 1. The van der Waals surface area contributed by atoms with Crippen LogP contribution < -0.4 is 5.43 Å². The van der Waals surface area contributed by atoms with E-state index < -0.39 is 4.92 Å². The van der Waals surface area contributed by atoms with Gasteiger partial charge in [0.2, 0.25) is 0 Å². The monoisotopic (exact) mass is 365 g/mol. The highest BCUT2D eigenvalue weighted by atomic mass is 35.5. The van der Waals surface area contributed by atoms with Crippen molar-refractivity contribution in [3.05, 3.63) is 60.8 Å². The normalized spacial score (nSPS) is 11.4. The minimum atomic E-state index is -0.557. The van der Waals surface area contributed by atoms with Crippen molar-refractivity contribution in [1.82, 2.24) is 5.43 Å². The first-order valence-corrected chi connectivity index (χ1v) is 8.54. The van der Waals surface area contributed by atoms with Crippen molar-refractivity contribution in [1.29, 1.82) is 0 Å². The van der Waals surface area contributed by atoms with Crippen LogP contribution in [0.3, 0.4) is 0 Å². The SMILES string of the molecule is CCCc1cc(C(=O)N/N=C(\C)c2ccc(Cl)c([N+](=O)[O-])c2)cs1. The van der Waals surface area contributed by atoms with Gasteiger partial charge >= 0.3 is 0 Å². The maximum atomic E-state index is 12.1. The maximum Gasteiger partial charge on any atom is 0.288 e. The molecule has 8 heteroatoms. The summed E-state index contributed by atoms with van der Waals surface area (Å²) in [6, 6.07) is 6.23. The summed E-state index contributed by atoms with van der Waals surface area (Å²) in [5, 5.41) is 16.8. The highest BCUT2D eigenvalue weighted by molar-refractivity contribution is 7.10. The average Bonchev–Trinajstić information content (AvgIpc) is 3.01. The number of hydrogen-bond donors (Lipinski definition) is 1. The molecule has 0 spiro atoms. The van der Waals surface area contributed by atoms with E-state index in [0.29, 0.717) is 16.8 Å². The average molecular weight is 366 g/mol. The fourth-order valence-electron chi connectivity index (χ4n) is 2.02. The summed E-state index contributed by atoms with van der Waals surface area (Å²) >= 11 is 7.32. The lowest BCUT2D eigenvalue weighted by molar-refractivity contribution is -0.384. The topological polar surface area (TPSA) is 84.6 Å². The number of halogens is 1. The van der Waals surface area contributed by atoms with Gasteiger partial charge in [-0.15, -0.1) is 11.3 Å². The molecule has 0 bridgehead atoms. The molecule has 1 amide bonds. The molecule has 2 rings (SSSR count). The third-order valence-corrected chi connectivity index (χ3v) is 4.61. The molecule has 1 heterocycles. The lowest BCUT2D eigenvalue weighted by atomic mass is 10.1. The Hall–Kier alpha value is -2.25. The van der Waals surface area contributed by atoms with Crippen LogP contribution in [-0.2, 0) is 6.42 Å². The van der Waals surface area contributed by atoms with Crippen molar-refractivity contribution >= 4 is 40.2 Å². The van der Waals surface area contributed by atoms with Crippen molar-refractivity contribution in [2.45, 2.75) is 26.7 Å². The van der Waals surface area contributed by atoms with E-state index in [0.717, 1.165) is 17.7 Å². The van der Waals surface area contributed by atoms with Gasteiger partial charge in [0, 0.05) is 21.9 Å². The Kier molecular flexibility index (Phi) is 6.05. The zero-order valence-corrected chi connectivity index (χ0v) is 14.8. The molecule has 0 aliphatic rings. The zero-order chi connectivity index (χ0) is 17.7. The molecule has 1 N–H and O–H groups in total. The summed E-state index contributed by atoms with van der Waals surface area (Å²) < 4.78 is 0. The number of amides is 1. The Balaban J connectivity index is 2.11. The van der Waals surface area contributed by atoms with Crippen LogP contribution in [-0.4, -0.2) is 16.5 Å². The zero-order valence-electron chi connectivity index (χ0n) is 13.2. The Morgan fingerprint density at radius 3 is 2.79 bits per heavy atom. The van der Waals surface area contributed by atoms with Crippen LogP contribution in [0.15, 0.2) is 34.7 Å². The van der Waals surface area contributed by atoms with E-state index in [1.54, 1.807) is 29.7 Å². The van der Waals surface area contributed by atoms with Gasteiger partial charge in [0.25, 0.3) is 11.6 Å². The van der Waals surface area contributed by atoms with Gasteiger partial charge in [-0.05, 0) is 25.5 Å². The molecule has 0 radical (unpaired) electrons. The largest absolute Gasteiger partial charge is 0.288 e. The molecule has 0 atom stereocenters. The standard InChI is InChI=1S/C16H16ClN3O3S/c1-3-4-13-7-12(9-24-13)16(21)19-18-10(2)11-5-6-14(17)15(8-11)20(22)23/h5-9H,3-4H2,1-2H3,(H,19,21)/b18-10+. The predicted molar refractivity (Wildman–Crippen MR) is 96.1 cm³/mol. The molecule has 0 fully saturated rings. The third-order valence-electron chi connectivity index (χ3n) is 3.30.